The summed E-state index contributed by atoms with van der Waals surface area (Å²) in [6.07, 6.45) is 9.53. The highest BCUT2D eigenvalue weighted by molar-refractivity contribution is 7.91. The first-order valence-electron chi connectivity index (χ1n) is 7.27. The van der Waals surface area contributed by atoms with Gasteiger partial charge in [-0.3, -0.25) is 14.5 Å². The average Bonchev–Trinajstić information content (AvgIpc) is 2.53. The van der Waals surface area contributed by atoms with Crippen LogP contribution in [0.25, 0.3) is 6.08 Å². The molecule has 122 valence electrons. The van der Waals surface area contributed by atoms with Gasteiger partial charge in [-0.2, -0.15) is 0 Å². The molecule has 1 aliphatic heterocycles. The van der Waals surface area contributed by atoms with Crippen LogP contribution in [0.15, 0.2) is 50.7 Å². The molecule has 1 aromatic heterocycles. The molecule has 0 spiro atoms. The molecule has 1 N–H and O–H groups in total. The molecule has 0 aromatic carbocycles. The van der Waals surface area contributed by atoms with E-state index in [1.807, 2.05) is 0 Å². The standard InChI is InChI=1S/C16H12N2O5S/c19-10-6-5-9-7-11(16(20)23-13(9)8-10)15-17-12-3-1-2-4-14(12)24(21,22)18-15/h1-7,12,14H,8H2,(H,17,18). The minimum atomic E-state index is -3.70. The lowest BCUT2D eigenvalue weighted by molar-refractivity contribution is -0.114. The zero-order valence-electron chi connectivity index (χ0n) is 12.3. The lowest BCUT2D eigenvalue weighted by Gasteiger charge is -2.27. The summed E-state index contributed by atoms with van der Waals surface area (Å²) in [6, 6.07) is 0.901. The smallest absolute Gasteiger partial charge is 0.347 e. The number of nitrogens with zero attached hydrogens (tertiary/aromatic N) is 1. The van der Waals surface area contributed by atoms with Gasteiger partial charge in [0.1, 0.15) is 22.4 Å². The second-order valence-corrected chi connectivity index (χ2v) is 7.49. The fourth-order valence-electron chi connectivity index (χ4n) is 2.85. The maximum Gasteiger partial charge on any atom is 0.347 e. The monoisotopic (exact) mass is 344 g/mol. The van der Waals surface area contributed by atoms with Gasteiger partial charge in [0, 0.05) is 5.56 Å². The Balaban J connectivity index is 1.83. The zero-order chi connectivity index (χ0) is 16.9. The summed E-state index contributed by atoms with van der Waals surface area (Å²) in [5, 5.41) is -0.798. The highest BCUT2D eigenvalue weighted by Gasteiger charge is 2.37. The summed E-state index contributed by atoms with van der Waals surface area (Å²) in [4.78, 5) is 27.9. The molecule has 4 rings (SSSR count). The van der Waals surface area contributed by atoms with E-state index in [9.17, 15) is 18.0 Å². The minimum absolute atomic E-state index is 0.0117. The second-order valence-electron chi connectivity index (χ2n) is 5.65. The van der Waals surface area contributed by atoms with Crippen molar-refractivity contribution in [3.63, 3.8) is 0 Å². The average molecular weight is 344 g/mol. The number of carbonyl (C=O) groups excluding carboxylic acids is 1. The third-order valence-corrected chi connectivity index (χ3v) is 5.66. The van der Waals surface area contributed by atoms with Crippen LogP contribution in [0.1, 0.15) is 16.9 Å². The zero-order valence-corrected chi connectivity index (χ0v) is 13.1. The Morgan fingerprint density at radius 1 is 1.17 bits per heavy atom. The van der Waals surface area contributed by atoms with E-state index in [1.165, 1.54) is 18.2 Å². The largest absolute Gasteiger partial charge is 0.426 e. The van der Waals surface area contributed by atoms with Gasteiger partial charge in [0.2, 0.25) is 10.0 Å². The van der Waals surface area contributed by atoms with E-state index in [1.54, 1.807) is 24.3 Å². The molecule has 0 amide bonds. The van der Waals surface area contributed by atoms with Crippen molar-refractivity contribution in [1.29, 1.82) is 0 Å². The number of nitrogens with one attached hydrogen (secondary N) is 1. The fraction of sp³-hybridized carbons (Fsp3) is 0.188. The van der Waals surface area contributed by atoms with Crippen LogP contribution in [0.2, 0.25) is 0 Å². The molecule has 0 saturated heterocycles. The molecule has 24 heavy (non-hydrogen) atoms. The Bertz CT molecular complexity index is 1030. The van der Waals surface area contributed by atoms with E-state index in [4.69, 9.17) is 4.42 Å². The van der Waals surface area contributed by atoms with Gasteiger partial charge in [-0.05, 0) is 18.2 Å². The molecule has 2 unspecified atom stereocenters. The van der Waals surface area contributed by atoms with Crippen molar-refractivity contribution in [3.05, 3.63) is 63.8 Å². The van der Waals surface area contributed by atoms with Crippen molar-refractivity contribution in [2.75, 3.05) is 0 Å². The van der Waals surface area contributed by atoms with Gasteiger partial charge in [-0.25, -0.2) is 13.2 Å². The number of hydrogen-bond acceptors (Lipinski definition) is 6. The number of ketones is 1. The van der Waals surface area contributed by atoms with E-state index < -0.39 is 26.9 Å². The van der Waals surface area contributed by atoms with Gasteiger partial charge >= 0.3 is 5.63 Å². The molecule has 2 heterocycles. The molecule has 0 fully saturated rings. The number of carbonyl (C=O) groups is 1. The van der Waals surface area contributed by atoms with Crippen LogP contribution in [0.3, 0.4) is 0 Å². The van der Waals surface area contributed by atoms with Crippen molar-refractivity contribution in [1.82, 2.24) is 4.72 Å². The summed E-state index contributed by atoms with van der Waals surface area (Å²) in [5.41, 5.74) is -0.142. The molecule has 1 aromatic rings. The van der Waals surface area contributed by atoms with Crippen molar-refractivity contribution in [3.8, 4) is 0 Å². The summed E-state index contributed by atoms with van der Waals surface area (Å²) >= 11 is 0. The lowest BCUT2D eigenvalue weighted by atomic mass is 10.0. The summed E-state index contributed by atoms with van der Waals surface area (Å²) in [6.45, 7) is 0. The van der Waals surface area contributed by atoms with Gasteiger partial charge in [-0.15, -0.1) is 0 Å². The molecule has 3 aliphatic rings. The third kappa shape index (κ3) is 2.35. The number of amidine groups is 1. The normalized spacial score (nSPS) is 26.3. The molecule has 8 heteroatoms. The summed E-state index contributed by atoms with van der Waals surface area (Å²) in [7, 11) is -3.70. The van der Waals surface area contributed by atoms with E-state index >= 15 is 0 Å². The van der Waals surface area contributed by atoms with Crippen LogP contribution in [-0.4, -0.2) is 31.3 Å². The molecular formula is C16H12N2O5S. The number of rotatable bonds is 1. The number of fused-ring (bicyclic) bond motifs is 2. The third-order valence-electron chi connectivity index (χ3n) is 4.03. The molecular weight excluding hydrogens is 332 g/mol. The Morgan fingerprint density at radius 3 is 2.79 bits per heavy atom. The van der Waals surface area contributed by atoms with Gasteiger partial charge in [0.05, 0.1) is 12.5 Å². The maximum absolute atomic E-state index is 12.4. The number of aliphatic imine (C=N–C) groups is 1. The van der Waals surface area contributed by atoms with Gasteiger partial charge < -0.3 is 4.42 Å². The molecule has 0 saturated carbocycles. The molecule has 0 bridgehead atoms. The van der Waals surface area contributed by atoms with Crippen molar-refractivity contribution in [2.24, 2.45) is 4.99 Å². The first-order chi connectivity index (χ1) is 11.4. The van der Waals surface area contributed by atoms with E-state index in [2.05, 4.69) is 9.71 Å². The summed E-state index contributed by atoms with van der Waals surface area (Å²) in [5.74, 6) is 0.0722. The van der Waals surface area contributed by atoms with Gasteiger partial charge in [0.25, 0.3) is 0 Å². The van der Waals surface area contributed by atoms with Crippen LogP contribution >= 0.6 is 0 Å². The van der Waals surface area contributed by atoms with Crippen LogP contribution in [0, 0.1) is 0 Å². The second kappa shape index (κ2) is 5.13. The number of sulfonamides is 1. The van der Waals surface area contributed by atoms with Crippen LogP contribution in [0.5, 0.6) is 0 Å². The predicted molar refractivity (Wildman–Crippen MR) is 87.2 cm³/mol. The van der Waals surface area contributed by atoms with Crippen LogP contribution < -0.4 is 10.3 Å². The topological polar surface area (TPSA) is 106 Å². The van der Waals surface area contributed by atoms with E-state index in [0.717, 1.165) is 0 Å². The number of hydrogen-bond donors (Lipinski definition) is 1. The minimum Gasteiger partial charge on any atom is -0.426 e. The predicted octanol–water partition coefficient (Wildman–Crippen LogP) is 0.321. The van der Waals surface area contributed by atoms with Crippen molar-refractivity contribution >= 4 is 27.7 Å². The first kappa shape index (κ1) is 14.8. The molecule has 0 radical (unpaired) electrons. The lowest BCUT2D eigenvalue weighted by Crippen LogP contribution is -2.49. The number of allylic oxidation sites excluding steroid dienone is 3. The highest BCUT2D eigenvalue weighted by Crippen LogP contribution is 2.22. The highest BCUT2D eigenvalue weighted by atomic mass is 32.2. The van der Waals surface area contributed by atoms with Crippen LogP contribution in [0.4, 0.5) is 0 Å². The molecule has 7 nitrogen and oxygen atoms in total. The Kier molecular flexibility index (Phi) is 3.17. The Labute approximate surface area is 137 Å². The Hall–Kier alpha value is -2.74. The van der Waals surface area contributed by atoms with Crippen molar-refractivity contribution < 1.29 is 17.6 Å². The quantitative estimate of drug-likeness (QED) is 0.790. The van der Waals surface area contributed by atoms with E-state index in [0.29, 0.717) is 5.56 Å². The van der Waals surface area contributed by atoms with Crippen LogP contribution in [-0.2, 0) is 21.2 Å². The van der Waals surface area contributed by atoms with Crippen molar-refractivity contribution in [2.45, 2.75) is 17.7 Å². The summed E-state index contributed by atoms with van der Waals surface area (Å²) < 4.78 is 32.3. The fourth-order valence-corrected chi connectivity index (χ4v) is 4.23. The van der Waals surface area contributed by atoms with Gasteiger partial charge in [0.15, 0.2) is 5.78 Å². The molecule has 2 atom stereocenters. The first-order valence-corrected chi connectivity index (χ1v) is 8.81. The molecule has 2 aliphatic carbocycles. The van der Waals surface area contributed by atoms with E-state index in [-0.39, 0.29) is 29.4 Å². The van der Waals surface area contributed by atoms with Gasteiger partial charge in [-0.1, -0.05) is 24.3 Å². The maximum atomic E-state index is 12.4. The Morgan fingerprint density at radius 2 is 1.96 bits per heavy atom. The SMILES string of the molecule is O=C1C=Cc2cc(C3=NC4C=CC=CC4S(=O)(=O)N3)c(=O)oc2C1.